The van der Waals surface area contributed by atoms with E-state index >= 15 is 0 Å². The smallest absolute Gasteiger partial charge is 0.166 e. The summed E-state index contributed by atoms with van der Waals surface area (Å²) in [6.07, 6.45) is 7.32. The third-order valence-corrected chi connectivity index (χ3v) is 27.3. The molecule has 136 heavy (non-hydrogen) atoms. The predicted octanol–water partition coefficient (Wildman–Crippen LogP) is 31.0. The lowest BCUT2D eigenvalue weighted by Crippen LogP contribution is -2.14. The van der Waals surface area contributed by atoms with Crippen LogP contribution in [0.25, 0.3) is 249 Å². The summed E-state index contributed by atoms with van der Waals surface area (Å²) in [6, 6.07) is 150. The second-order valence-electron chi connectivity index (χ2n) is 35.5. The van der Waals surface area contributed by atoms with Crippen molar-refractivity contribution in [3.63, 3.8) is 0 Å². The predicted molar refractivity (Wildman–Crippen MR) is 561 cm³/mol. The molecule has 0 spiro atoms. The molecule has 12 nitrogen and oxygen atoms in total. The summed E-state index contributed by atoms with van der Waals surface area (Å²) in [5, 5.41) is 15.5. The highest BCUT2D eigenvalue weighted by Crippen LogP contribution is 2.52. The van der Waals surface area contributed by atoms with Gasteiger partial charge in [0, 0.05) is 84.6 Å². The molecule has 0 saturated heterocycles. The molecular weight excluding hydrogens is 1660 g/mol. The summed E-state index contributed by atoms with van der Waals surface area (Å²) in [4.78, 5) is 45.4. The van der Waals surface area contributed by atoms with E-state index in [1.54, 1.807) is 6.20 Å². The second-order valence-corrected chi connectivity index (χ2v) is 35.5. The Morgan fingerprint density at radius 2 is 0.566 bits per heavy atom. The molecule has 18 aromatic carbocycles. The van der Waals surface area contributed by atoms with Crippen molar-refractivity contribution >= 4 is 142 Å². The zero-order chi connectivity index (χ0) is 90.1. The van der Waals surface area contributed by atoms with E-state index in [1.807, 2.05) is 116 Å². The molecule has 28 rings (SSSR count). The highest BCUT2D eigenvalue weighted by atomic mass is 15.1. The van der Waals surface area contributed by atoms with Crippen molar-refractivity contribution in [3.8, 4) is 107 Å². The van der Waals surface area contributed by atoms with Gasteiger partial charge in [-0.1, -0.05) is 311 Å². The van der Waals surface area contributed by atoms with Gasteiger partial charge >= 0.3 is 0 Å². The number of rotatable bonds is 10. The van der Waals surface area contributed by atoms with Gasteiger partial charge in [-0.3, -0.25) is 28.7 Å². The van der Waals surface area contributed by atoms with Crippen LogP contribution in [-0.2, 0) is 5.41 Å². The molecular formula is C124H80N12. The van der Waals surface area contributed by atoms with Gasteiger partial charge in [0.15, 0.2) is 17.5 Å². The lowest BCUT2D eigenvalue weighted by atomic mass is 9.81. The summed E-state index contributed by atoms with van der Waals surface area (Å²) in [5.74, 6) is 2.37. The number of hydrogen-bond donors (Lipinski definition) is 0. The zero-order valence-corrected chi connectivity index (χ0v) is 74.1. The standard InChI is InChI=1S/C54H36N4.2C35H22N4/c1-54(2)44-19-6-5-16-41(44)42-28-27-38(31-45(42)54)39-17-10-22-48-50(39)43-30-36-12-3-4-13-37(36)32-49(43)58(48)53-52(56-46-20-7-8-21-47(46)57-53)35-25-23-33(24-26-35)40-18-9-14-34-15-11-29-55-51(34)40;1-2-10-23(11-3-1)27-15-8-18-31-33(27)28-20-24-12-4-5-13-25(24)21-32(28)39(31)35-34(26-14-9-19-36-22-26)37-29-16-6-7-17-30(29)38-35;1-2-11-23(12-3-1)26-15-10-19-31-33(26)27-21-24-13-4-5-14-25(24)22-32(27)39(31)35-34(30-18-8-9-20-36-30)37-28-16-6-7-17-29(28)38-35/h3-32H,1-2H3;2*1-22H. The molecule has 0 saturated carbocycles. The quantitative estimate of drug-likeness (QED) is 0.131. The van der Waals surface area contributed by atoms with E-state index in [2.05, 4.69) is 365 Å². The molecule has 1 aliphatic carbocycles. The molecule has 0 fully saturated rings. The number of hydrogen-bond acceptors (Lipinski definition) is 9. The van der Waals surface area contributed by atoms with Crippen molar-refractivity contribution in [1.82, 2.24) is 58.6 Å². The summed E-state index contributed by atoms with van der Waals surface area (Å²) in [7, 11) is 0. The van der Waals surface area contributed by atoms with Crippen LogP contribution >= 0.6 is 0 Å². The number of benzene rings is 18. The molecule has 9 heterocycles. The molecule has 0 aliphatic heterocycles. The fourth-order valence-electron chi connectivity index (χ4n) is 20.9. The molecule has 0 unspecified atom stereocenters. The Morgan fingerprint density at radius 3 is 1.06 bits per heavy atom. The molecule has 27 aromatic rings. The Hall–Kier alpha value is -18.1. The fourth-order valence-corrected chi connectivity index (χ4v) is 20.9. The average molecular weight is 1740 g/mol. The first-order valence-corrected chi connectivity index (χ1v) is 46.0. The van der Waals surface area contributed by atoms with Gasteiger partial charge in [-0.15, -0.1) is 0 Å². The maximum absolute atomic E-state index is 5.48. The molecule has 9 aromatic heterocycles. The van der Waals surface area contributed by atoms with Crippen LogP contribution in [0.5, 0.6) is 0 Å². The largest absolute Gasteiger partial charge is 0.292 e. The van der Waals surface area contributed by atoms with Crippen LogP contribution < -0.4 is 0 Å². The highest BCUT2D eigenvalue weighted by Gasteiger charge is 2.36. The van der Waals surface area contributed by atoms with Gasteiger partial charge in [-0.05, 0) is 221 Å². The lowest BCUT2D eigenvalue weighted by Gasteiger charge is -2.22. The van der Waals surface area contributed by atoms with Gasteiger partial charge in [0.1, 0.15) is 17.1 Å². The van der Waals surface area contributed by atoms with Crippen LogP contribution in [-0.4, -0.2) is 58.6 Å². The summed E-state index contributed by atoms with van der Waals surface area (Å²) < 4.78 is 6.91. The number of fused-ring (bicyclic) bond motifs is 19. The Labute approximate surface area is 781 Å². The van der Waals surface area contributed by atoms with Gasteiger partial charge in [-0.2, -0.15) is 0 Å². The van der Waals surface area contributed by atoms with Crippen LogP contribution in [0.2, 0.25) is 0 Å². The van der Waals surface area contributed by atoms with E-state index in [0.717, 1.165) is 140 Å². The van der Waals surface area contributed by atoms with Gasteiger partial charge in [0.05, 0.1) is 77.4 Å². The minimum absolute atomic E-state index is 0.102. The Kier molecular flexibility index (Phi) is 18.7. The van der Waals surface area contributed by atoms with Gasteiger partial charge in [0.2, 0.25) is 0 Å². The van der Waals surface area contributed by atoms with E-state index in [1.165, 1.54) is 120 Å². The van der Waals surface area contributed by atoms with E-state index in [9.17, 15) is 0 Å². The monoisotopic (exact) mass is 1740 g/mol. The SMILES string of the molecule is CC1(C)c2ccccc2-c2ccc(-c3cccc4c3c3cc5ccccc5cc3n4-c3nc4ccccc4nc3-c3ccc(-c4cccc5cccnc45)cc3)cc21.c1ccc(-c2cccc3c2c2cc4ccccc4cc2n3-c2nc3ccccc3nc2-c2ccccn2)cc1.c1ccc(-c2cccc3c2c2cc4ccccc4cc2n3-c2nc3ccccc3nc2-c2cccnc2)cc1. The molecule has 0 amide bonds. The van der Waals surface area contributed by atoms with Gasteiger partial charge in [0.25, 0.3) is 0 Å². The first kappa shape index (κ1) is 78.9. The molecule has 636 valence electrons. The minimum atomic E-state index is -0.102. The minimum Gasteiger partial charge on any atom is -0.292 e. The summed E-state index contributed by atoms with van der Waals surface area (Å²) in [6.45, 7) is 4.71. The second kappa shape index (κ2) is 32.2. The number of aromatic nitrogens is 12. The Bertz CT molecular complexity index is 9200. The molecule has 12 heteroatoms. The van der Waals surface area contributed by atoms with Crippen molar-refractivity contribution in [3.05, 3.63) is 461 Å². The van der Waals surface area contributed by atoms with Crippen molar-refractivity contribution in [2.75, 3.05) is 0 Å². The number of nitrogens with zero attached hydrogens (tertiary/aromatic N) is 12. The average Bonchev–Trinajstić information content (AvgIpc) is 1.57. The Balaban J connectivity index is 0.000000109. The highest BCUT2D eigenvalue weighted by molar-refractivity contribution is 6.22. The lowest BCUT2D eigenvalue weighted by molar-refractivity contribution is 0.660. The number of pyridine rings is 3. The molecule has 0 atom stereocenters. The normalized spacial score (nSPS) is 12.2. The maximum atomic E-state index is 5.48. The van der Waals surface area contributed by atoms with Gasteiger partial charge < -0.3 is 0 Å². The fraction of sp³-hybridized carbons (Fsp3) is 0.0242. The van der Waals surface area contributed by atoms with Crippen LogP contribution in [0.15, 0.2) is 449 Å². The van der Waals surface area contributed by atoms with Crippen molar-refractivity contribution in [2.45, 2.75) is 19.3 Å². The Morgan fingerprint density at radius 1 is 0.213 bits per heavy atom. The van der Waals surface area contributed by atoms with Gasteiger partial charge in [-0.25, -0.2) is 29.9 Å². The van der Waals surface area contributed by atoms with Crippen LogP contribution in [0, 0.1) is 0 Å². The summed E-state index contributed by atoms with van der Waals surface area (Å²) >= 11 is 0. The van der Waals surface area contributed by atoms with E-state index in [0.29, 0.717) is 0 Å². The van der Waals surface area contributed by atoms with E-state index in [-0.39, 0.29) is 5.41 Å². The molecule has 0 radical (unpaired) electrons. The van der Waals surface area contributed by atoms with Crippen LogP contribution in [0.1, 0.15) is 25.0 Å². The first-order valence-electron chi connectivity index (χ1n) is 46.0. The van der Waals surface area contributed by atoms with E-state index < -0.39 is 0 Å². The van der Waals surface area contributed by atoms with Crippen molar-refractivity contribution < 1.29 is 0 Å². The molecule has 1 aliphatic rings. The third-order valence-electron chi connectivity index (χ3n) is 27.3. The number of para-hydroxylation sites is 7. The zero-order valence-electron chi connectivity index (χ0n) is 74.1. The molecule has 0 N–H and O–H groups in total. The van der Waals surface area contributed by atoms with Crippen LogP contribution in [0.4, 0.5) is 0 Å². The molecule has 0 bridgehead atoms. The van der Waals surface area contributed by atoms with Crippen molar-refractivity contribution in [2.24, 2.45) is 0 Å². The van der Waals surface area contributed by atoms with Crippen LogP contribution in [0.3, 0.4) is 0 Å². The topological polar surface area (TPSA) is 131 Å². The third kappa shape index (κ3) is 13.2. The summed E-state index contributed by atoms with van der Waals surface area (Å²) in [5.41, 5.74) is 32.5. The van der Waals surface area contributed by atoms with Crippen molar-refractivity contribution in [1.29, 1.82) is 0 Å². The van der Waals surface area contributed by atoms with E-state index in [4.69, 9.17) is 34.9 Å². The maximum Gasteiger partial charge on any atom is 0.166 e. The first-order chi connectivity index (χ1) is 67.2.